The summed E-state index contributed by atoms with van der Waals surface area (Å²) < 4.78 is 0. The van der Waals surface area contributed by atoms with Crippen LogP contribution in [0.3, 0.4) is 0 Å². The summed E-state index contributed by atoms with van der Waals surface area (Å²) in [7, 11) is 0. The van der Waals surface area contributed by atoms with E-state index >= 15 is 0 Å². The average Bonchev–Trinajstić information content (AvgIpc) is 2.04. The lowest BCUT2D eigenvalue weighted by molar-refractivity contribution is -0.130. The van der Waals surface area contributed by atoms with Crippen molar-refractivity contribution in [3.05, 3.63) is 0 Å². The minimum atomic E-state index is -0.263. The predicted octanol–water partition coefficient (Wildman–Crippen LogP) is 2.56. The van der Waals surface area contributed by atoms with E-state index in [-0.39, 0.29) is 17.4 Å². The first-order chi connectivity index (χ1) is 5.94. The Kier molecular flexibility index (Phi) is 5.38. The second-order valence-corrected chi connectivity index (χ2v) is 4.47. The van der Waals surface area contributed by atoms with Gasteiger partial charge in [0.2, 0.25) is 5.91 Å². The molecule has 0 aliphatic carbocycles. The van der Waals surface area contributed by atoms with Crippen molar-refractivity contribution in [1.82, 2.24) is 5.32 Å². The zero-order valence-corrected chi connectivity index (χ0v) is 9.74. The molecule has 0 aromatic rings. The van der Waals surface area contributed by atoms with Crippen LogP contribution in [0.2, 0.25) is 0 Å². The normalized spacial score (nSPS) is 13.9. The molecule has 0 aromatic carbocycles. The Balaban J connectivity index is 3.99. The van der Waals surface area contributed by atoms with E-state index in [4.69, 9.17) is 11.6 Å². The quantitative estimate of drug-likeness (QED) is 0.687. The van der Waals surface area contributed by atoms with Gasteiger partial charge in [0.1, 0.15) is 0 Å². The zero-order chi connectivity index (χ0) is 10.5. The highest BCUT2D eigenvalue weighted by molar-refractivity contribution is 6.17. The fraction of sp³-hybridized carbons (Fsp3) is 0.900. The molecule has 2 nitrogen and oxygen atoms in total. The van der Waals surface area contributed by atoms with Gasteiger partial charge in [0.25, 0.3) is 0 Å². The topological polar surface area (TPSA) is 29.1 Å². The molecule has 0 bridgehead atoms. The van der Waals surface area contributed by atoms with E-state index in [1.165, 1.54) is 0 Å². The average molecular weight is 206 g/mol. The fourth-order valence-electron chi connectivity index (χ4n) is 0.816. The van der Waals surface area contributed by atoms with Gasteiger partial charge in [-0.3, -0.25) is 4.79 Å². The van der Waals surface area contributed by atoms with Crippen LogP contribution in [0.5, 0.6) is 0 Å². The van der Waals surface area contributed by atoms with Crippen molar-refractivity contribution in [3.63, 3.8) is 0 Å². The molecule has 0 aliphatic rings. The molecule has 0 rings (SSSR count). The van der Waals surface area contributed by atoms with Crippen molar-refractivity contribution < 1.29 is 4.79 Å². The molecule has 78 valence electrons. The molecule has 1 amide bonds. The third-order valence-corrected chi connectivity index (χ3v) is 2.64. The predicted molar refractivity (Wildman–Crippen MR) is 57.0 cm³/mol. The Bertz CT molecular complexity index is 168. The molecule has 0 aromatic heterocycles. The molecule has 0 spiro atoms. The van der Waals surface area contributed by atoms with Crippen molar-refractivity contribution in [3.8, 4) is 0 Å². The molecular weight excluding hydrogens is 186 g/mol. The number of nitrogens with one attached hydrogen (secondary N) is 1. The first kappa shape index (κ1) is 12.8. The maximum absolute atomic E-state index is 11.6. The number of carbonyl (C=O) groups excluding carboxylic acids is 1. The van der Waals surface area contributed by atoms with Crippen LogP contribution in [0, 0.1) is 5.41 Å². The minimum absolute atomic E-state index is 0.118. The molecule has 0 saturated heterocycles. The van der Waals surface area contributed by atoms with Gasteiger partial charge in [0.05, 0.1) is 0 Å². The van der Waals surface area contributed by atoms with Crippen molar-refractivity contribution in [2.24, 2.45) is 5.41 Å². The van der Waals surface area contributed by atoms with Crippen molar-refractivity contribution in [2.75, 3.05) is 5.88 Å². The third kappa shape index (κ3) is 4.51. The summed E-state index contributed by atoms with van der Waals surface area (Å²) >= 11 is 5.58. The SMILES string of the molecule is CCC(C)(C)C(=O)NC(C)CCCl. The van der Waals surface area contributed by atoms with Gasteiger partial charge in [-0.05, 0) is 19.8 Å². The molecule has 3 heteroatoms. The van der Waals surface area contributed by atoms with Crippen LogP contribution in [-0.4, -0.2) is 17.8 Å². The van der Waals surface area contributed by atoms with Crippen LogP contribution in [0.4, 0.5) is 0 Å². The Morgan fingerprint density at radius 2 is 2.08 bits per heavy atom. The second kappa shape index (κ2) is 5.48. The van der Waals surface area contributed by atoms with Crippen LogP contribution in [0.15, 0.2) is 0 Å². The van der Waals surface area contributed by atoms with Crippen LogP contribution >= 0.6 is 11.6 Å². The highest BCUT2D eigenvalue weighted by Crippen LogP contribution is 2.19. The Hall–Kier alpha value is -0.240. The molecule has 13 heavy (non-hydrogen) atoms. The molecule has 1 N–H and O–H groups in total. The molecular formula is C10H20ClNO. The molecule has 0 aliphatic heterocycles. The van der Waals surface area contributed by atoms with Gasteiger partial charge in [-0.1, -0.05) is 20.8 Å². The lowest BCUT2D eigenvalue weighted by atomic mass is 9.89. The monoisotopic (exact) mass is 205 g/mol. The van der Waals surface area contributed by atoms with Gasteiger partial charge in [-0.15, -0.1) is 11.6 Å². The lowest BCUT2D eigenvalue weighted by Crippen LogP contribution is -2.41. The molecule has 1 unspecified atom stereocenters. The van der Waals surface area contributed by atoms with Gasteiger partial charge in [-0.25, -0.2) is 0 Å². The second-order valence-electron chi connectivity index (χ2n) is 4.09. The first-order valence-corrected chi connectivity index (χ1v) is 5.34. The molecule has 0 fully saturated rings. The zero-order valence-electron chi connectivity index (χ0n) is 8.98. The van der Waals surface area contributed by atoms with E-state index < -0.39 is 0 Å². The number of amides is 1. The van der Waals surface area contributed by atoms with Gasteiger partial charge in [-0.2, -0.15) is 0 Å². The Morgan fingerprint density at radius 1 is 1.54 bits per heavy atom. The summed E-state index contributed by atoms with van der Waals surface area (Å²) in [5.41, 5.74) is -0.263. The van der Waals surface area contributed by atoms with Crippen molar-refractivity contribution in [1.29, 1.82) is 0 Å². The number of carbonyl (C=O) groups is 1. The van der Waals surface area contributed by atoms with Gasteiger partial charge < -0.3 is 5.32 Å². The van der Waals surface area contributed by atoms with Gasteiger partial charge in [0.15, 0.2) is 0 Å². The largest absolute Gasteiger partial charge is 0.353 e. The first-order valence-electron chi connectivity index (χ1n) is 4.81. The molecule has 0 heterocycles. The summed E-state index contributed by atoms with van der Waals surface area (Å²) in [6.45, 7) is 7.91. The summed E-state index contributed by atoms with van der Waals surface area (Å²) in [5.74, 6) is 0.709. The van der Waals surface area contributed by atoms with E-state index in [9.17, 15) is 4.79 Å². The number of rotatable bonds is 5. The van der Waals surface area contributed by atoms with E-state index in [1.54, 1.807) is 0 Å². The van der Waals surface area contributed by atoms with E-state index in [0.717, 1.165) is 12.8 Å². The standard InChI is InChI=1S/C10H20ClNO/c1-5-10(3,4)9(13)12-8(2)6-7-11/h8H,5-7H2,1-4H3,(H,12,13). The summed E-state index contributed by atoms with van der Waals surface area (Å²) in [4.78, 5) is 11.6. The molecule has 1 atom stereocenters. The summed E-state index contributed by atoms with van der Waals surface area (Å²) in [5, 5.41) is 2.95. The number of alkyl halides is 1. The maximum atomic E-state index is 11.6. The van der Waals surface area contributed by atoms with Crippen LogP contribution in [-0.2, 0) is 4.79 Å². The lowest BCUT2D eigenvalue weighted by Gasteiger charge is -2.24. The smallest absolute Gasteiger partial charge is 0.225 e. The highest BCUT2D eigenvalue weighted by atomic mass is 35.5. The fourth-order valence-corrected chi connectivity index (χ4v) is 1.14. The number of hydrogen-bond donors (Lipinski definition) is 1. The van der Waals surface area contributed by atoms with Crippen molar-refractivity contribution >= 4 is 17.5 Å². The van der Waals surface area contributed by atoms with Gasteiger partial charge in [0, 0.05) is 17.3 Å². The van der Waals surface area contributed by atoms with E-state index in [1.807, 2.05) is 27.7 Å². The minimum Gasteiger partial charge on any atom is -0.353 e. The number of hydrogen-bond acceptors (Lipinski definition) is 1. The van der Waals surface area contributed by atoms with E-state index in [0.29, 0.717) is 5.88 Å². The van der Waals surface area contributed by atoms with Crippen LogP contribution in [0.1, 0.15) is 40.5 Å². The third-order valence-electron chi connectivity index (χ3n) is 2.42. The highest BCUT2D eigenvalue weighted by Gasteiger charge is 2.25. The Labute approximate surface area is 86.0 Å². The van der Waals surface area contributed by atoms with E-state index in [2.05, 4.69) is 5.32 Å². The van der Waals surface area contributed by atoms with Crippen molar-refractivity contribution in [2.45, 2.75) is 46.6 Å². The molecule has 0 saturated carbocycles. The summed E-state index contributed by atoms with van der Waals surface area (Å²) in [6, 6.07) is 0.177. The van der Waals surface area contributed by atoms with Gasteiger partial charge >= 0.3 is 0 Å². The number of halogens is 1. The van der Waals surface area contributed by atoms with Crippen LogP contribution in [0.25, 0.3) is 0 Å². The molecule has 0 radical (unpaired) electrons. The summed E-state index contributed by atoms with van der Waals surface area (Å²) in [6.07, 6.45) is 1.68. The maximum Gasteiger partial charge on any atom is 0.225 e. The Morgan fingerprint density at radius 3 is 2.46 bits per heavy atom. The van der Waals surface area contributed by atoms with Crippen LogP contribution < -0.4 is 5.32 Å².